The predicted molar refractivity (Wildman–Crippen MR) is 57.2 cm³/mol. The molecule has 0 radical (unpaired) electrons. The summed E-state index contributed by atoms with van der Waals surface area (Å²) in [6, 6.07) is 0.258. The molecule has 0 bridgehead atoms. The zero-order valence-corrected chi connectivity index (χ0v) is 9.71. The van der Waals surface area contributed by atoms with Crippen LogP contribution in [-0.2, 0) is 4.74 Å². The van der Waals surface area contributed by atoms with Gasteiger partial charge in [0.25, 0.3) is 0 Å². The van der Waals surface area contributed by atoms with Gasteiger partial charge >= 0.3 is 0 Å². The van der Waals surface area contributed by atoms with Crippen molar-refractivity contribution >= 4 is 0 Å². The molecule has 0 saturated carbocycles. The van der Waals surface area contributed by atoms with Crippen LogP contribution in [0.15, 0.2) is 0 Å². The van der Waals surface area contributed by atoms with E-state index < -0.39 is 0 Å². The summed E-state index contributed by atoms with van der Waals surface area (Å²) in [6.45, 7) is 7.84. The summed E-state index contributed by atoms with van der Waals surface area (Å²) in [5.74, 6) is 0.706. The molecule has 0 aromatic carbocycles. The van der Waals surface area contributed by atoms with Gasteiger partial charge in [-0.1, -0.05) is 20.8 Å². The molecule has 0 spiro atoms. The number of rotatable bonds is 3. The fourth-order valence-electron chi connectivity index (χ4n) is 2.65. The maximum atomic E-state index is 9.21. The predicted octanol–water partition coefficient (Wildman–Crippen LogP) is 1.02. The summed E-state index contributed by atoms with van der Waals surface area (Å²) in [4.78, 5) is 0. The molecule has 1 rings (SSSR count). The molecule has 2 N–H and O–H groups in total. The van der Waals surface area contributed by atoms with Gasteiger partial charge in [-0.05, 0) is 24.3 Å². The average Bonchev–Trinajstić information content (AvgIpc) is 2.09. The lowest BCUT2D eigenvalue weighted by atomic mass is 9.72. The number of aliphatic hydroxyl groups is 1. The van der Waals surface area contributed by atoms with Crippen molar-refractivity contribution in [1.82, 2.24) is 5.32 Å². The Morgan fingerprint density at radius 1 is 1.57 bits per heavy atom. The summed E-state index contributed by atoms with van der Waals surface area (Å²) in [5, 5.41) is 12.7. The lowest BCUT2D eigenvalue weighted by molar-refractivity contribution is -0.0304. The monoisotopic (exact) mass is 201 g/mol. The van der Waals surface area contributed by atoms with E-state index in [2.05, 4.69) is 26.1 Å². The molecule has 1 heterocycles. The molecule has 1 aliphatic heterocycles. The highest BCUT2D eigenvalue weighted by atomic mass is 16.5. The van der Waals surface area contributed by atoms with Crippen LogP contribution in [0.4, 0.5) is 0 Å². The summed E-state index contributed by atoms with van der Waals surface area (Å²) in [6.07, 6.45) is 1.10. The van der Waals surface area contributed by atoms with Crippen molar-refractivity contribution in [2.75, 3.05) is 20.3 Å². The van der Waals surface area contributed by atoms with E-state index in [9.17, 15) is 5.11 Å². The Bertz CT molecular complexity index is 178. The van der Waals surface area contributed by atoms with Gasteiger partial charge in [0.15, 0.2) is 0 Å². The molecule has 0 aliphatic carbocycles. The zero-order valence-electron chi connectivity index (χ0n) is 9.71. The van der Waals surface area contributed by atoms with Crippen molar-refractivity contribution in [2.24, 2.45) is 11.3 Å². The Kier molecular flexibility index (Phi) is 3.93. The second-order valence-electron chi connectivity index (χ2n) is 5.14. The van der Waals surface area contributed by atoms with Crippen LogP contribution in [-0.4, -0.2) is 37.5 Å². The number of methoxy groups -OCH3 is 1. The number of aliphatic hydroxyl groups excluding tert-OH is 1. The van der Waals surface area contributed by atoms with Crippen molar-refractivity contribution in [3.8, 4) is 0 Å². The third-order valence-corrected chi connectivity index (χ3v) is 3.26. The molecule has 14 heavy (non-hydrogen) atoms. The van der Waals surface area contributed by atoms with E-state index in [4.69, 9.17) is 4.74 Å². The van der Waals surface area contributed by atoms with Gasteiger partial charge in [0.1, 0.15) is 0 Å². The van der Waals surface area contributed by atoms with Crippen molar-refractivity contribution < 1.29 is 9.84 Å². The Morgan fingerprint density at radius 2 is 2.21 bits per heavy atom. The third kappa shape index (κ3) is 2.47. The van der Waals surface area contributed by atoms with E-state index in [0.717, 1.165) is 6.54 Å². The van der Waals surface area contributed by atoms with Gasteiger partial charge < -0.3 is 15.2 Å². The molecule has 1 aliphatic rings. The molecule has 3 nitrogen and oxygen atoms in total. The minimum Gasteiger partial charge on any atom is -0.394 e. The van der Waals surface area contributed by atoms with E-state index in [1.807, 2.05) is 0 Å². The molecular weight excluding hydrogens is 178 g/mol. The maximum Gasteiger partial charge on any atom is 0.0959 e. The smallest absolute Gasteiger partial charge is 0.0959 e. The first-order chi connectivity index (χ1) is 6.51. The average molecular weight is 201 g/mol. The SMILES string of the molecule is CO[C@H](CO)[C@@H]1NC[C@@H](C)CC1(C)C. The fourth-order valence-corrected chi connectivity index (χ4v) is 2.65. The Labute approximate surface area is 86.8 Å². The largest absolute Gasteiger partial charge is 0.394 e. The van der Waals surface area contributed by atoms with Crippen molar-refractivity contribution in [3.63, 3.8) is 0 Å². The number of nitrogens with one attached hydrogen (secondary N) is 1. The summed E-state index contributed by atoms with van der Waals surface area (Å²) in [5.41, 5.74) is 0.196. The Hall–Kier alpha value is -0.120. The normalized spacial score (nSPS) is 34.1. The quantitative estimate of drug-likeness (QED) is 0.716. The Balaban J connectivity index is 2.67. The molecule has 3 atom stereocenters. The van der Waals surface area contributed by atoms with E-state index >= 15 is 0 Å². The van der Waals surface area contributed by atoms with Gasteiger partial charge in [0.2, 0.25) is 0 Å². The van der Waals surface area contributed by atoms with Gasteiger partial charge in [-0.15, -0.1) is 0 Å². The minimum absolute atomic E-state index is 0.0856. The highest BCUT2D eigenvalue weighted by molar-refractivity contribution is 4.94. The summed E-state index contributed by atoms with van der Waals surface area (Å²) in [7, 11) is 1.66. The maximum absolute atomic E-state index is 9.21. The van der Waals surface area contributed by atoms with Crippen LogP contribution >= 0.6 is 0 Å². The third-order valence-electron chi connectivity index (χ3n) is 3.26. The number of hydrogen-bond donors (Lipinski definition) is 2. The van der Waals surface area contributed by atoms with Crippen LogP contribution in [0.1, 0.15) is 27.2 Å². The van der Waals surface area contributed by atoms with Crippen molar-refractivity contribution in [1.29, 1.82) is 0 Å². The van der Waals surface area contributed by atoms with Gasteiger partial charge in [-0.2, -0.15) is 0 Å². The van der Waals surface area contributed by atoms with Crippen molar-refractivity contribution in [3.05, 3.63) is 0 Å². The molecule has 3 heteroatoms. The fraction of sp³-hybridized carbons (Fsp3) is 1.00. The number of ether oxygens (including phenoxy) is 1. The van der Waals surface area contributed by atoms with Gasteiger partial charge in [-0.3, -0.25) is 0 Å². The van der Waals surface area contributed by atoms with Crippen molar-refractivity contribution in [2.45, 2.75) is 39.3 Å². The molecule has 0 aromatic heterocycles. The minimum atomic E-state index is -0.0856. The first-order valence-corrected chi connectivity index (χ1v) is 5.38. The van der Waals surface area contributed by atoms with Gasteiger partial charge in [0, 0.05) is 13.2 Å². The highest BCUT2D eigenvalue weighted by Crippen LogP contribution is 2.34. The second kappa shape index (κ2) is 4.60. The van der Waals surface area contributed by atoms with E-state index in [1.54, 1.807) is 7.11 Å². The Morgan fingerprint density at radius 3 is 2.64 bits per heavy atom. The van der Waals surface area contributed by atoms with E-state index in [0.29, 0.717) is 5.92 Å². The van der Waals surface area contributed by atoms with E-state index in [-0.39, 0.29) is 24.2 Å². The summed E-state index contributed by atoms with van der Waals surface area (Å²) < 4.78 is 5.30. The molecule has 0 amide bonds. The van der Waals surface area contributed by atoms with Crippen LogP contribution in [0, 0.1) is 11.3 Å². The number of hydrogen-bond acceptors (Lipinski definition) is 3. The first kappa shape index (κ1) is 12.0. The standard InChI is InChI=1S/C11H23NO2/c1-8-5-11(2,3)10(12-6-8)9(7-13)14-4/h8-10,12-13H,5-7H2,1-4H3/t8-,9+,10-/m0/s1. The molecule has 0 unspecified atom stereocenters. The van der Waals surface area contributed by atoms with Gasteiger partial charge in [0.05, 0.1) is 12.7 Å². The summed E-state index contributed by atoms with van der Waals surface area (Å²) >= 11 is 0. The molecule has 84 valence electrons. The van der Waals surface area contributed by atoms with Gasteiger partial charge in [-0.25, -0.2) is 0 Å². The second-order valence-corrected chi connectivity index (χ2v) is 5.14. The topological polar surface area (TPSA) is 41.5 Å². The van der Waals surface area contributed by atoms with Crippen LogP contribution in [0.5, 0.6) is 0 Å². The molecule has 1 saturated heterocycles. The molecule has 0 aromatic rings. The lowest BCUT2D eigenvalue weighted by Gasteiger charge is -2.45. The highest BCUT2D eigenvalue weighted by Gasteiger charge is 2.39. The van der Waals surface area contributed by atoms with Crippen LogP contribution in [0.25, 0.3) is 0 Å². The first-order valence-electron chi connectivity index (χ1n) is 5.38. The van der Waals surface area contributed by atoms with Crippen LogP contribution in [0.3, 0.4) is 0 Å². The lowest BCUT2D eigenvalue weighted by Crippen LogP contribution is -2.57. The molecular formula is C11H23NO2. The molecule has 1 fully saturated rings. The zero-order chi connectivity index (χ0) is 10.8. The van der Waals surface area contributed by atoms with Crippen LogP contribution in [0.2, 0.25) is 0 Å². The number of piperidine rings is 1. The van der Waals surface area contributed by atoms with Crippen LogP contribution < -0.4 is 5.32 Å². The van der Waals surface area contributed by atoms with E-state index in [1.165, 1.54) is 6.42 Å².